The molecule has 5 nitrogen and oxygen atoms in total. The Labute approximate surface area is 177 Å². The number of fused-ring (bicyclic) bond motifs is 3. The highest BCUT2D eigenvalue weighted by Gasteiger charge is 2.21. The van der Waals surface area contributed by atoms with Crippen molar-refractivity contribution in [3.63, 3.8) is 0 Å². The number of thioether (sulfide) groups is 1. The summed E-state index contributed by atoms with van der Waals surface area (Å²) in [5.41, 5.74) is 4.29. The second-order valence-corrected chi connectivity index (χ2v) is 8.23. The molecule has 0 bridgehead atoms. The number of nitriles is 1. The Kier molecular flexibility index (Phi) is 5.42. The number of halogens is 1. The molecule has 4 aromatic rings. The van der Waals surface area contributed by atoms with Crippen LogP contribution in [0.4, 0.5) is 10.1 Å². The number of carbonyl (C=O) groups excluding carboxylic acids is 1. The molecule has 1 atom stereocenters. The summed E-state index contributed by atoms with van der Waals surface area (Å²) in [4.78, 5) is 17.4. The average molecular weight is 418 g/mol. The van der Waals surface area contributed by atoms with Crippen LogP contribution in [-0.4, -0.2) is 20.5 Å². The molecule has 7 heteroatoms. The molecule has 4 rings (SSSR count). The highest BCUT2D eigenvalue weighted by Crippen LogP contribution is 2.32. The number of nitrogens with one attached hydrogen (secondary N) is 1. The number of aryl methyl sites for hydroxylation is 1. The van der Waals surface area contributed by atoms with Gasteiger partial charge in [0.05, 0.1) is 26.9 Å². The van der Waals surface area contributed by atoms with Gasteiger partial charge in [0.1, 0.15) is 11.9 Å². The van der Waals surface area contributed by atoms with Gasteiger partial charge in [-0.1, -0.05) is 30.8 Å². The number of nitrogens with zero attached hydrogens (tertiary/aromatic N) is 3. The predicted octanol–water partition coefficient (Wildman–Crippen LogP) is 5.18. The van der Waals surface area contributed by atoms with Gasteiger partial charge in [0.2, 0.25) is 5.91 Å². The number of hydrogen-bond acceptors (Lipinski definition) is 4. The van der Waals surface area contributed by atoms with Gasteiger partial charge in [-0.15, -0.1) is 0 Å². The fourth-order valence-electron chi connectivity index (χ4n) is 3.35. The van der Waals surface area contributed by atoms with E-state index in [1.54, 1.807) is 0 Å². The Hall–Kier alpha value is -3.37. The predicted molar refractivity (Wildman–Crippen MR) is 117 cm³/mol. The van der Waals surface area contributed by atoms with Crippen molar-refractivity contribution in [1.82, 2.24) is 9.38 Å². The maximum Gasteiger partial charge on any atom is 0.237 e. The third-order valence-corrected chi connectivity index (χ3v) is 6.00. The Morgan fingerprint density at radius 1 is 1.27 bits per heavy atom. The summed E-state index contributed by atoms with van der Waals surface area (Å²) in [6.45, 7) is 3.81. The molecule has 0 saturated heterocycles. The van der Waals surface area contributed by atoms with Gasteiger partial charge in [-0.2, -0.15) is 5.26 Å². The van der Waals surface area contributed by atoms with Crippen LogP contribution in [-0.2, 0) is 11.2 Å². The first kappa shape index (κ1) is 19.9. The van der Waals surface area contributed by atoms with Crippen LogP contribution in [0, 0.1) is 17.1 Å². The van der Waals surface area contributed by atoms with Crippen LogP contribution in [0.1, 0.15) is 25.0 Å². The number of imidazole rings is 1. The quantitative estimate of drug-likeness (QED) is 0.454. The third-order valence-electron chi connectivity index (χ3n) is 4.89. The lowest BCUT2D eigenvalue weighted by Crippen LogP contribution is -2.22. The Balaban J connectivity index is 1.73. The van der Waals surface area contributed by atoms with Crippen molar-refractivity contribution >= 4 is 40.0 Å². The molecule has 0 aliphatic carbocycles. The van der Waals surface area contributed by atoms with Crippen molar-refractivity contribution in [1.29, 1.82) is 5.26 Å². The molecule has 150 valence electrons. The molecule has 0 aliphatic rings. The zero-order valence-electron chi connectivity index (χ0n) is 16.5. The van der Waals surface area contributed by atoms with E-state index in [1.165, 1.54) is 36.0 Å². The van der Waals surface area contributed by atoms with E-state index in [4.69, 9.17) is 0 Å². The van der Waals surface area contributed by atoms with Crippen molar-refractivity contribution in [2.45, 2.75) is 30.5 Å². The van der Waals surface area contributed by atoms with Crippen LogP contribution >= 0.6 is 11.8 Å². The van der Waals surface area contributed by atoms with Gasteiger partial charge in [-0.25, -0.2) is 9.37 Å². The van der Waals surface area contributed by atoms with E-state index in [9.17, 15) is 14.4 Å². The van der Waals surface area contributed by atoms with E-state index in [-0.39, 0.29) is 11.7 Å². The zero-order valence-corrected chi connectivity index (χ0v) is 17.3. The lowest BCUT2D eigenvalue weighted by molar-refractivity contribution is -0.115. The number of benzene rings is 2. The van der Waals surface area contributed by atoms with Crippen LogP contribution in [0.2, 0.25) is 0 Å². The summed E-state index contributed by atoms with van der Waals surface area (Å²) in [6, 6.07) is 17.6. The number of aromatic nitrogens is 2. The number of carbonyl (C=O) groups is 1. The van der Waals surface area contributed by atoms with Crippen LogP contribution in [0.3, 0.4) is 0 Å². The molecule has 0 unspecified atom stereocenters. The topological polar surface area (TPSA) is 70.2 Å². The van der Waals surface area contributed by atoms with Gasteiger partial charge in [0.15, 0.2) is 5.65 Å². The average Bonchev–Trinajstić information content (AvgIpc) is 3.14. The molecule has 0 fully saturated rings. The minimum absolute atomic E-state index is 0.188. The van der Waals surface area contributed by atoms with Gasteiger partial charge in [0, 0.05) is 5.69 Å². The molecule has 0 spiro atoms. The van der Waals surface area contributed by atoms with Crippen molar-refractivity contribution in [2.24, 2.45) is 0 Å². The number of rotatable bonds is 5. The highest BCUT2D eigenvalue weighted by atomic mass is 32.2. The van der Waals surface area contributed by atoms with Crippen LogP contribution in [0.15, 0.2) is 59.6 Å². The van der Waals surface area contributed by atoms with Crippen molar-refractivity contribution in [2.75, 3.05) is 5.32 Å². The van der Waals surface area contributed by atoms with Crippen LogP contribution in [0.5, 0.6) is 0 Å². The summed E-state index contributed by atoms with van der Waals surface area (Å²) in [6.07, 6.45) is 0.687. The summed E-state index contributed by atoms with van der Waals surface area (Å²) in [7, 11) is 0. The normalized spacial score (nSPS) is 12.1. The molecule has 2 aromatic carbocycles. The van der Waals surface area contributed by atoms with Crippen molar-refractivity contribution in [3.8, 4) is 6.07 Å². The van der Waals surface area contributed by atoms with Gasteiger partial charge in [-0.3, -0.25) is 9.20 Å². The van der Waals surface area contributed by atoms with Gasteiger partial charge < -0.3 is 5.32 Å². The molecule has 1 N–H and O–H groups in total. The molecule has 1 amide bonds. The Morgan fingerprint density at radius 3 is 2.70 bits per heavy atom. The summed E-state index contributed by atoms with van der Waals surface area (Å²) in [5, 5.41) is 13.0. The fourth-order valence-corrected chi connectivity index (χ4v) is 4.37. The smallest absolute Gasteiger partial charge is 0.237 e. The van der Waals surface area contributed by atoms with E-state index in [0.717, 1.165) is 21.6 Å². The largest absolute Gasteiger partial charge is 0.325 e. The first-order valence-corrected chi connectivity index (χ1v) is 10.5. The second-order valence-electron chi connectivity index (χ2n) is 6.86. The second kappa shape index (κ2) is 8.17. The highest BCUT2D eigenvalue weighted by molar-refractivity contribution is 8.00. The minimum Gasteiger partial charge on any atom is -0.325 e. The maximum absolute atomic E-state index is 13.1. The van der Waals surface area contributed by atoms with Gasteiger partial charge >= 0.3 is 0 Å². The van der Waals surface area contributed by atoms with Gasteiger partial charge in [-0.05, 0) is 61.4 Å². The molecule has 30 heavy (non-hydrogen) atoms. The van der Waals surface area contributed by atoms with Crippen molar-refractivity contribution in [3.05, 3.63) is 71.5 Å². The summed E-state index contributed by atoms with van der Waals surface area (Å²) in [5.74, 6) is -0.541. The van der Waals surface area contributed by atoms with E-state index in [2.05, 4.69) is 16.4 Å². The SMILES string of the molecule is CCc1cc(S[C@@H](C)C(=O)Nc2ccc(F)cc2)n2c(nc3ccccc32)c1C#N. The Bertz CT molecular complexity index is 1290. The standard InChI is InChI=1S/C23H19FN4OS/c1-3-15-12-21(30-14(2)23(29)26-17-10-8-16(24)9-11-17)28-20-7-5-4-6-19(20)27-22(28)18(15)13-25/h4-12,14H,3H2,1-2H3,(H,26,29)/t14-/m0/s1. The third kappa shape index (κ3) is 3.62. The molecule has 0 saturated carbocycles. The molecule has 0 aliphatic heterocycles. The Morgan fingerprint density at radius 2 is 2.00 bits per heavy atom. The molecular formula is C23H19FN4OS. The zero-order chi connectivity index (χ0) is 21.3. The fraction of sp³-hybridized carbons (Fsp3) is 0.174. The lowest BCUT2D eigenvalue weighted by atomic mass is 10.1. The summed E-state index contributed by atoms with van der Waals surface area (Å²) >= 11 is 1.40. The number of amides is 1. The number of para-hydroxylation sites is 2. The lowest BCUT2D eigenvalue weighted by Gasteiger charge is -2.15. The van der Waals surface area contributed by atoms with Crippen molar-refractivity contribution < 1.29 is 9.18 Å². The number of pyridine rings is 1. The molecule has 0 radical (unpaired) electrons. The van der Waals surface area contributed by atoms with Crippen LogP contribution < -0.4 is 5.32 Å². The van der Waals surface area contributed by atoms with E-state index in [0.29, 0.717) is 23.3 Å². The molecule has 2 heterocycles. The van der Waals surface area contributed by atoms with E-state index >= 15 is 0 Å². The van der Waals surface area contributed by atoms with E-state index < -0.39 is 5.25 Å². The molecular weight excluding hydrogens is 399 g/mol. The number of hydrogen-bond donors (Lipinski definition) is 1. The number of anilines is 1. The molecule has 2 aromatic heterocycles. The van der Waals surface area contributed by atoms with Gasteiger partial charge in [0.25, 0.3) is 0 Å². The minimum atomic E-state index is -0.419. The summed E-state index contributed by atoms with van der Waals surface area (Å²) < 4.78 is 15.0. The van der Waals surface area contributed by atoms with E-state index in [1.807, 2.05) is 48.6 Å². The monoisotopic (exact) mass is 418 g/mol. The maximum atomic E-state index is 13.1. The first-order chi connectivity index (χ1) is 14.5. The first-order valence-electron chi connectivity index (χ1n) is 9.58. The van der Waals surface area contributed by atoms with Crippen LogP contribution in [0.25, 0.3) is 16.7 Å².